The van der Waals surface area contributed by atoms with Crippen molar-refractivity contribution in [1.82, 2.24) is 4.90 Å². The molecule has 0 aliphatic carbocycles. The number of carbonyl (C=O) groups excluding carboxylic acids is 2. The molecule has 0 fully saturated rings. The first-order valence-electron chi connectivity index (χ1n) is 9.69. The molecule has 0 aliphatic rings. The SMILES string of the molecule is CN(C)C(=O)Sc1ccccc1NC(=O)COc1ccc(OCc2ccccc2)cc1. The molecule has 3 aromatic carbocycles. The van der Waals surface area contributed by atoms with Crippen molar-refractivity contribution in [2.24, 2.45) is 0 Å². The summed E-state index contributed by atoms with van der Waals surface area (Å²) in [5.41, 5.74) is 1.66. The van der Waals surface area contributed by atoms with Crippen molar-refractivity contribution >= 4 is 28.6 Å². The van der Waals surface area contributed by atoms with E-state index in [1.165, 1.54) is 4.90 Å². The van der Waals surface area contributed by atoms with E-state index in [1.807, 2.05) is 36.4 Å². The smallest absolute Gasteiger partial charge is 0.286 e. The number of amides is 2. The second kappa shape index (κ2) is 11.1. The van der Waals surface area contributed by atoms with E-state index in [0.717, 1.165) is 23.1 Å². The predicted octanol–water partition coefficient (Wildman–Crippen LogP) is 5.06. The summed E-state index contributed by atoms with van der Waals surface area (Å²) < 4.78 is 11.3. The van der Waals surface area contributed by atoms with Gasteiger partial charge in [-0.05, 0) is 53.7 Å². The third-order valence-corrected chi connectivity index (χ3v) is 5.28. The fraction of sp³-hybridized carbons (Fsp3) is 0.167. The van der Waals surface area contributed by atoms with Crippen LogP contribution in [0.15, 0.2) is 83.8 Å². The first-order valence-corrected chi connectivity index (χ1v) is 10.5. The summed E-state index contributed by atoms with van der Waals surface area (Å²) in [6.07, 6.45) is 0. The molecule has 7 heteroatoms. The Morgan fingerprint density at radius 3 is 2.13 bits per heavy atom. The monoisotopic (exact) mass is 436 g/mol. The van der Waals surface area contributed by atoms with E-state index in [2.05, 4.69) is 5.32 Å². The number of nitrogens with one attached hydrogen (secondary N) is 1. The lowest BCUT2D eigenvalue weighted by atomic mass is 10.2. The van der Waals surface area contributed by atoms with Crippen LogP contribution in [0.5, 0.6) is 11.5 Å². The van der Waals surface area contributed by atoms with Crippen LogP contribution in [0, 0.1) is 0 Å². The van der Waals surface area contributed by atoms with Gasteiger partial charge in [0.1, 0.15) is 18.1 Å². The Morgan fingerprint density at radius 1 is 0.839 bits per heavy atom. The molecule has 160 valence electrons. The molecule has 1 N–H and O–H groups in total. The molecule has 0 saturated heterocycles. The summed E-state index contributed by atoms with van der Waals surface area (Å²) in [7, 11) is 3.37. The number of hydrogen-bond acceptors (Lipinski definition) is 5. The van der Waals surface area contributed by atoms with Crippen molar-refractivity contribution < 1.29 is 19.1 Å². The fourth-order valence-corrected chi connectivity index (χ4v) is 3.30. The summed E-state index contributed by atoms with van der Waals surface area (Å²) in [5, 5.41) is 2.68. The molecule has 3 rings (SSSR count). The average Bonchev–Trinajstić information content (AvgIpc) is 2.79. The highest BCUT2D eigenvalue weighted by Crippen LogP contribution is 2.28. The van der Waals surface area contributed by atoms with Crippen molar-refractivity contribution in [1.29, 1.82) is 0 Å². The molecular formula is C24H24N2O4S. The van der Waals surface area contributed by atoms with E-state index in [9.17, 15) is 9.59 Å². The minimum atomic E-state index is -0.310. The molecule has 6 nitrogen and oxygen atoms in total. The van der Waals surface area contributed by atoms with Gasteiger partial charge in [-0.15, -0.1) is 0 Å². The second-order valence-corrected chi connectivity index (χ2v) is 7.83. The van der Waals surface area contributed by atoms with Gasteiger partial charge in [0.2, 0.25) is 0 Å². The molecule has 0 saturated carbocycles. The number of rotatable bonds is 8. The van der Waals surface area contributed by atoms with Gasteiger partial charge in [-0.2, -0.15) is 0 Å². The number of hydrogen-bond donors (Lipinski definition) is 1. The van der Waals surface area contributed by atoms with Crippen LogP contribution in [0.1, 0.15) is 5.56 Å². The minimum Gasteiger partial charge on any atom is -0.489 e. The normalized spacial score (nSPS) is 10.3. The lowest BCUT2D eigenvalue weighted by Gasteiger charge is -2.13. The van der Waals surface area contributed by atoms with Crippen molar-refractivity contribution in [3.8, 4) is 11.5 Å². The quantitative estimate of drug-likeness (QED) is 0.500. The molecule has 0 radical (unpaired) electrons. The molecule has 0 aliphatic heterocycles. The number of benzene rings is 3. The summed E-state index contributed by atoms with van der Waals surface area (Å²) in [6, 6.07) is 24.2. The molecule has 0 aromatic heterocycles. The van der Waals surface area contributed by atoms with Gasteiger partial charge < -0.3 is 19.7 Å². The second-order valence-electron chi connectivity index (χ2n) is 6.84. The standard InChI is InChI=1S/C24H24N2O4S/c1-26(2)24(28)31-22-11-7-6-10-21(22)25-23(27)17-30-20-14-12-19(13-15-20)29-16-18-8-4-3-5-9-18/h3-15H,16-17H2,1-2H3,(H,25,27). The lowest BCUT2D eigenvalue weighted by molar-refractivity contribution is -0.118. The maximum atomic E-state index is 12.3. The Morgan fingerprint density at radius 2 is 1.45 bits per heavy atom. The lowest BCUT2D eigenvalue weighted by Crippen LogP contribution is -2.21. The highest BCUT2D eigenvalue weighted by molar-refractivity contribution is 8.13. The third-order valence-electron chi connectivity index (χ3n) is 4.17. The summed E-state index contributed by atoms with van der Waals surface area (Å²) in [5.74, 6) is 0.972. The molecule has 0 heterocycles. The average molecular weight is 437 g/mol. The van der Waals surface area contributed by atoms with Crippen LogP contribution in [-0.2, 0) is 11.4 Å². The Bertz CT molecular complexity index is 1010. The van der Waals surface area contributed by atoms with E-state index in [-0.39, 0.29) is 17.8 Å². The topological polar surface area (TPSA) is 67.9 Å². The Kier molecular flexibility index (Phi) is 7.95. The summed E-state index contributed by atoms with van der Waals surface area (Å²) in [4.78, 5) is 26.4. The van der Waals surface area contributed by atoms with Crippen molar-refractivity contribution in [3.05, 3.63) is 84.4 Å². The molecule has 0 unspecified atom stereocenters. The van der Waals surface area contributed by atoms with Crippen LogP contribution < -0.4 is 14.8 Å². The van der Waals surface area contributed by atoms with Crippen LogP contribution in [0.25, 0.3) is 0 Å². The molecule has 3 aromatic rings. The van der Waals surface area contributed by atoms with Crippen LogP contribution in [0.3, 0.4) is 0 Å². The van der Waals surface area contributed by atoms with Gasteiger partial charge in [0.05, 0.1) is 5.69 Å². The number of thioether (sulfide) groups is 1. The van der Waals surface area contributed by atoms with E-state index in [4.69, 9.17) is 9.47 Å². The van der Waals surface area contributed by atoms with E-state index in [0.29, 0.717) is 22.9 Å². The van der Waals surface area contributed by atoms with Gasteiger partial charge in [-0.1, -0.05) is 42.5 Å². The van der Waals surface area contributed by atoms with Crippen LogP contribution >= 0.6 is 11.8 Å². The van der Waals surface area contributed by atoms with E-state index < -0.39 is 0 Å². The first kappa shape index (κ1) is 22.2. The Labute approximate surface area is 186 Å². The largest absolute Gasteiger partial charge is 0.489 e. The van der Waals surface area contributed by atoms with E-state index in [1.54, 1.807) is 56.6 Å². The molecule has 0 atom stereocenters. The number of carbonyl (C=O) groups is 2. The van der Waals surface area contributed by atoms with Crippen LogP contribution in [0.4, 0.5) is 10.5 Å². The van der Waals surface area contributed by atoms with Crippen molar-refractivity contribution in [3.63, 3.8) is 0 Å². The maximum Gasteiger partial charge on any atom is 0.286 e. The molecule has 0 spiro atoms. The fourth-order valence-electron chi connectivity index (χ4n) is 2.55. The van der Waals surface area contributed by atoms with Crippen molar-refractivity contribution in [2.75, 3.05) is 26.0 Å². The van der Waals surface area contributed by atoms with Gasteiger partial charge in [-0.3, -0.25) is 9.59 Å². The van der Waals surface area contributed by atoms with E-state index >= 15 is 0 Å². The maximum absolute atomic E-state index is 12.3. The first-order chi connectivity index (χ1) is 15.0. The minimum absolute atomic E-state index is 0.118. The number of para-hydroxylation sites is 1. The summed E-state index contributed by atoms with van der Waals surface area (Å²) in [6.45, 7) is 0.335. The van der Waals surface area contributed by atoms with Gasteiger partial charge in [0, 0.05) is 19.0 Å². The van der Waals surface area contributed by atoms with Crippen LogP contribution in [0.2, 0.25) is 0 Å². The number of nitrogens with zero attached hydrogens (tertiary/aromatic N) is 1. The predicted molar refractivity (Wildman–Crippen MR) is 123 cm³/mol. The Hall–Kier alpha value is -3.45. The van der Waals surface area contributed by atoms with Crippen LogP contribution in [-0.4, -0.2) is 36.7 Å². The number of ether oxygens (including phenoxy) is 2. The van der Waals surface area contributed by atoms with Gasteiger partial charge in [0.25, 0.3) is 11.1 Å². The summed E-state index contributed by atoms with van der Waals surface area (Å²) >= 11 is 1.06. The van der Waals surface area contributed by atoms with Gasteiger partial charge in [-0.25, -0.2) is 0 Å². The molecule has 0 bridgehead atoms. The van der Waals surface area contributed by atoms with Crippen molar-refractivity contribution in [2.45, 2.75) is 11.5 Å². The molecular weight excluding hydrogens is 412 g/mol. The Balaban J connectivity index is 1.49. The zero-order chi connectivity index (χ0) is 22.1. The van der Waals surface area contributed by atoms with Gasteiger partial charge >= 0.3 is 0 Å². The molecule has 31 heavy (non-hydrogen) atoms. The zero-order valence-corrected chi connectivity index (χ0v) is 18.2. The van der Waals surface area contributed by atoms with Gasteiger partial charge in [0.15, 0.2) is 6.61 Å². The highest BCUT2D eigenvalue weighted by atomic mass is 32.2. The third kappa shape index (κ3) is 7.08. The number of anilines is 1. The molecule has 2 amide bonds. The zero-order valence-electron chi connectivity index (χ0n) is 17.4. The highest BCUT2D eigenvalue weighted by Gasteiger charge is 2.12.